The van der Waals surface area contributed by atoms with E-state index in [1.165, 1.54) is 19.5 Å². The van der Waals surface area contributed by atoms with Crippen molar-refractivity contribution in [2.24, 2.45) is 0 Å². The number of carbonyl (C=O) groups is 2. The van der Waals surface area contributed by atoms with E-state index < -0.39 is 35.1 Å². The SMILES string of the molecule is COc1ccc(C(C)(C)C)cc1/C(O)=C1\C(=O)C(=O)N(c2ccc(F)cc2F)C1c1cccnc1. The molecule has 0 spiro atoms. The van der Waals surface area contributed by atoms with Crippen LogP contribution in [0.1, 0.15) is 43.5 Å². The summed E-state index contributed by atoms with van der Waals surface area (Å²) in [4.78, 5) is 31.4. The molecule has 1 amide bonds. The lowest BCUT2D eigenvalue weighted by Gasteiger charge is -2.26. The van der Waals surface area contributed by atoms with Gasteiger partial charge in [0.15, 0.2) is 0 Å². The number of hydrogen-bond acceptors (Lipinski definition) is 5. The molecule has 1 unspecified atom stereocenters. The summed E-state index contributed by atoms with van der Waals surface area (Å²) in [5.74, 6) is -4.09. The van der Waals surface area contributed by atoms with Gasteiger partial charge in [-0.2, -0.15) is 0 Å². The fourth-order valence-electron chi connectivity index (χ4n) is 4.12. The van der Waals surface area contributed by atoms with Crippen LogP contribution in [0.25, 0.3) is 5.76 Å². The Hall–Kier alpha value is -4.07. The lowest BCUT2D eigenvalue weighted by molar-refractivity contribution is -0.132. The van der Waals surface area contributed by atoms with Crippen molar-refractivity contribution in [1.82, 2.24) is 4.98 Å². The molecule has 1 fully saturated rings. The molecule has 6 nitrogen and oxygen atoms in total. The van der Waals surface area contributed by atoms with Crippen molar-refractivity contribution >= 4 is 23.1 Å². The number of ketones is 1. The molecule has 35 heavy (non-hydrogen) atoms. The highest BCUT2D eigenvalue weighted by molar-refractivity contribution is 6.51. The van der Waals surface area contributed by atoms with Gasteiger partial charge in [-0.05, 0) is 46.9 Å². The summed E-state index contributed by atoms with van der Waals surface area (Å²) in [5.41, 5.74) is 0.604. The predicted octanol–water partition coefficient (Wildman–Crippen LogP) is 5.29. The predicted molar refractivity (Wildman–Crippen MR) is 127 cm³/mol. The fourth-order valence-corrected chi connectivity index (χ4v) is 4.12. The summed E-state index contributed by atoms with van der Waals surface area (Å²) in [6.07, 6.45) is 2.92. The third kappa shape index (κ3) is 4.27. The Balaban J connectivity index is 2.00. The van der Waals surface area contributed by atoms with Gasteiger partial charge in [-0.1, -0.05) is 32.9 Å². The number of rotatable bonds is 4. The first kappa shape index (κ1) is 24.1. The molecule has 1 aliphatic heterocycles. The number of amides is 1. The van der Waals surface area contributed by atoms with Gasteiger partial charge in [-0.15, -0.1) is 0 Å². The first-order chi connectivity index (χ1) is 16.5. The van der Waals surface area contributed by atoms with Gasteiger partial charge in [-0.25, -0.2) is 8.78 Å². The number of hydrogen-bond donors (Lipinski definition) is 1. The number of aliphatic hydroxyl groups excluding tert-OH is 1. The molecular formula is C27H24F2N2O4. The molecule has 0 bridgehead atoms. The van der Waals surface area contributed by atoms with Crippen LogP contribution < -0.4 is 9.64 Å². The number of ether oxygens (including phenoxy) is 1. The molecular weight excluding hydrogens is 454 g/mol. The molecule has 8 heteroatoms. The van der Waals surface area contributed by atoms with E-state index in [9.17, 15) is 23.5 Å². The first-order valence-corrected chi connectivity index (χ1v) is 10.9. The van der Waals surface area contributed by atoms with Crippen molar-refractivity contribution < 1.29 is 28.2 Å². The summed E-state index contributed by atoms with van der Waals surface area (Å²) in [6, 6.07) is 9.92. The van der Waals surface area contributed by atoms with E-state index in [0.29, 0.717) is 17.4 Å². The number of anilines is 1. The van der Waals surface area contributed by atoms with Crippen LogP contribution >= 0.6 is 0 Å². The molecule has 2 aromatic carbocycles. The van der Waals surface area contributed by atoms with Crippen LogP contribution in [0.2, 0.25) is 0 Å². The number of carbonyl (C=O) groups excluding carboxylic acids is 2. The maximum atomic E-state index is 14.8. The minimum atomic E-state index is -1.20. The highest BCUT2D eigenvalue weighted by Crippen LogP contribution is 2.44. The van der Waals surface area contributed by atoms with E-state index in [0.717, 1.165) is 22.6 Å². The van der Waals surface area contributed by atoms with Gasteiger partial charge in [0.25, 0.3) is 11.7 Å². The van der Waals surface area contributed by atoms with Gasteiger partial charge in [0.1, 0.15) is 23.1 Å². The summed E-state index contributed by atoms with van der Waals surface area (Å²) in [5, 5.41) is 11.4. The number of pyridine rings is 1. The molecule has 1 N–H and O–H groups in total. The minimum absolute atomic E-state index is 0.214. The standard InChI is InChI=1S/C27H24F2N2O4/c1-27(2,3)16-7-10-21(35-4)18(12-16)24(32)22-23(15-6-5-11-30-14-15)31(26(34)25(22)33)20-9-8-17(28)13-19(20)29/h5-14,23,32H,1-4H3/b24-22+. The summed E-state index contributed by atoms with van der Waals surface area (Å²) in [7, 11) is 1.42. The number of methoxy groups -OCH3 is 1. The molecule has 0 saturated carbocycles. The number of halogens is 2. The van der Waals surface area contributed by atoms with Crippen LogP contribution in [0.3, 0.4) is 0 Å². The summed E-state index contributed by atoms with van der Waals surface area (Å²) < 4.78 is 33.8. The highest BCUT2D eigenvalue weighted by atomic mass is 19.1. The minimum Gasteiger partial charge on any atom is -0.507 e. The Morgan fingerprint density at radius 3 is 2.43 bits per heavy atom. The van der Waals surface area contributed by atoms with E-state index in [2.05, 4.69) is 4.98 Å². The van der Waals surface area contributed by atoms with E-state index in [4.69, 9.17) is 4.74 Å². The van der Waals surface area contributed by atoms with Crippen molar-refractivity contribution in [3.63, 3.8) is 0 Å². The molecule has 0 radical (unpaired) electrons. The highest BCUT2D eigenvalue weighted by Gasteiger charge is 2.48. The van der Waals surface area contributed by atoms with Crippen LogP contribution in [0.4, 0.5) is 14.5 Å². The normalized spacial score (nSPS) is 17.7. The summed E-state index contributed by atoms with van der Waals surface area (Å²) in [6.45, 7) is 5.97. The van der Waals surface area contributed by atoms with Crippen LogP contribution in [-0.4, -0.2) is 28.9 Å². The molecule has 1 aromatic heterocycles. The smallest absolute Gasteiger partial charge is 0.300 e. The van der Waals surface area contributed by atoms with Crippen molar-refractivity contribution in [1.29, 1.82) is 0 Å². The van der Waals surface area contributed by atoms with Gasteiger partial charge >= 0.3 is 0 Å². The van der Waals surface area contributed by atoms with Crippen molar-refractivity contribution in [3.8, 4) is 5.75 Å². The zero-order chi connectivity index (χ0) is 25.5. The van der Waals surface area contributed by atoms with Crippen LogP contribution in [-0.2, 0) is 15.0 Å². The first-order valence-electron chi connectivity index (χ1n) is 10.9. The lowest BCUT2D eigenvalue weighted by Crippen LogP contribution is -2.30. The third-order valence-electron chi connectivity index (χ3n) is 5.93. The zero-order valence-corrected chi connectivity index (χ0v) is 19.7. The number of nitrogens with zero attached hydrogens (tertiary/aromatic N) is 2. The third-order valence-corrected chi connectivity index (χ3v) is 5.93. The largest absolute Gasteiger partial charge is 0.507 e. The maximum Gasteiger partial charge on any atom is 0.300 e. The van der Waals surface area contributed by atoms with Crippen molar-refractivity contribution in [2.45, 2.75) is 32.2 Å². The lowest BCUT2D eigenvalue weighted by atomic mass is 9.85. The van der Waals surface area contributed by atoms with E-state index in [1.807, 2.05) is 26.8 Å². The zero-order valence-electron chi connectivity index (χ0n) is 19.7. The van der Waals surface area contributed by atoms with Crippen LogP contribution in [0, 0.1) is 11.6 Å². The van der Waals surface area contributed by atoms with Crippen LogP contribution in [0.5, 0.6) is 5.75 Å². The van der Waals surface area contributed by atoms with E-state index >= 15 is 0 Å². The number of benzene rings is 2. The molecule has 2 heterocycles. The second kappa shape index (κ2) is 8.94. The summed E-state index contributed by atoms with van der Waals surface area (Å²) >= 11 is 0. The molecule has 0 aliphatic carbocycles. The topological polar surface area (TPSA) is 79.7 Å². The Morgan fingerprint density at radius 1 is 1.09 bits per heavy atom. The fraction of sp³-hybridized carbons (Fsp3) is 0.222. The van der Waals surface area contributed by atoms with Crippen LogP contribution in [0.15, 0.2) is 66.5 Å². The van der Waals surface area contributed by atoms with Gasteiger partial charge in [-0.3, -0.25) is 19.5 Å². The molecule has 1 atom stereocenters. The molecule has 3 aromatic rings. The molecule has 180 valence electrons. The Kier molecular flexibility index (Phi) is 6.15. The number of aromatic nitrogens is 1. The second-order valence-corrected chi connectivity index (χ2v) is 9.22. The average molecular weight is 478 g/mol. The quantitative estimate of drug-likeness (QED) is 0.313. The van der Waals surface area contributed by atoms with Crippen molar-refractivity contribution in [2.75, 3.05) is 12.0 Å². The van der Waals surface area contributed by atoms with E-state index in [-0.39, 0.29) is 22.2 Å². The molecule has 1 saturated heterocycles. The molecule has 1 aliphatic rings. The Bertz CT molecular complexity index is 1350. The van der Waals surface area contributed by atoms with Crippen molar-refractivity contribution in [3.05, 3.63) is 94.8 Å². The molecule has 4 rings (SSSR count). The van der Waals surface area contributed by atoms with Gasteiger partial charge in [0.2, 0.25) is 0 Å². The number of Topliss-reactive ketones (excluding diaryl/α,β-unsaturated/α-hetero) is 1. The Morgan fingerprint density at radius 2 is 1.83 bits per heavy atom. The monoisotopic (exact) mass is 478 g/mol. The number of aliphatic hydroxyl groups is 1. The van der Waals surface area contributed by atoms with E-state index in [1.54, 1.807) is 24.3 Å². The second-order valence-electron chi connectivity index (χ2n) is 9.22. The maximum absolute atomic E-state index is 14.8. The van der Waals surface area contributed by atoms with Gasteiger partial charge < -0.3 is 9.84 Å². The van der Waals surface area contributed by atoms with Gasteiger partial charge in [0.05, 0.1) is 30.0 Å². The Labute approximate surface area is 201 Å². The average Bonchev–Trinajstić information content (AvgIpc) is 3.08. The van der Waals surface area contributed by atoms with Gasteiger partial charge in [0, 0.05) is 18.5 Å².